The Labute approximate surface area is 109 Å². The zero-order chi connectivity index (χ0) is 14.5. The highest BCUT2D eigenvalue weighted by Gasteiger charge is 2.10. The lowest BCUT2D eigenvalue weighted by atomic mass is 10.1. The summed E-state index contributed by atoms with van der Waals surface area (Å²) in [5.41, 5.74) is 4.84. The lowest BCUT2D eigenvalue weighted by molar-refractivity contribution is 0.241. The van der Waals surface area contributed by atoms with Crippen LogP contribution in [0.2, 0.25) is 0 Å². The molecule has 9 heteroatoms. The number of aliphatic hydroxyl groups excluding tert-OH is 1. The van der Waals surface area contributed by atoms with Gasteiger partial charge < -0.3 is 20.6 Å². The van der Waals surface area contributed by atoms with Crippen LogP contribution >= 0.6 is 7.60 Å². The number of aliphatic hydroxyl groups is 1. The van der Waals surface area contributed by atoms with Crippen LogP contribution < -0.4 is 11.4 Å². The molecule has 1 rings (SSSR count). The smallest absolute Gasteiger partial charge is 0.349 e. The molecule has 1 aromatic rings. The highest BCUT2D eigenvalue weighted by Crippen LogP contribution is 2.36. The molecule has 5 N–H and O–H groups in total. The van der Waals surface area contributed by atoms with E-state index in [0.29, 0.717) is 6.42 Å². The van der Waals surface area contributed by atoms with Gasteiger partial charge in [0.1, 0.15) is 5.82 Å². The Bertz CT molecular complexity index is 550. The number of hydrogen-bond donors (Lipinski definition) is 4. The second-order valence-electron chi connectivity index (χ2n) is 3.99. The number of nitrogens with two attached hydrogens (primary N) is 1. The highest BCUT2D eigenvalue weighted by molar-refractivity contribution is 7.55. The van der Waals surface area contributed by atoms with Gasteiger partial charge in [0.2, 0.25) is 0 Å². The Morgan fingerprint density at radius 1 is 1.53 bits per heavy atom. The quantitative estimate of drug-likeness (QED) is 0.518. The molecule has 0 spiro atoms. The topological polar surface area (TPSA) is 139 Å². The van der Waals surface area contributed by atoms with Gasteiger partial charge in [0.25, 0.3) is 0 Å². The van der Waals surface area contributed by atoms with Gasteiger partial charge in [-0.25, -0.2) is 4.79 Å². The Kier molecular flexibility index (Phi) is 5.44. The van der Waals surface area contributed by atoms with Crippen molar-refractivity contribution in [3.05, 3.63) is 34.6 Å². The molecular formula is C10H16N3O5P. The van der Waals surface area contributed by atoms with Gasteiger partial charge in [-0.1, -0.05) is 6.08 Å². The lowest BCUT2D eigenvalue weighted by Gasteiger charge is -2.10. The maximum atomic E-state index is 11.4. The lowest BCUT2D eigenvalue weighted by Crippen LogP contribution is -2.24. The monoisotopic (exact) mass is 289 g/mol. The summed E-state index contributed by atoms with van der Waals surface area (Å²) < 4.78 is 12.0. The molecule has 1 heterocycles. The minimum Gasteiger partial charge on any atom is -0.396 e. The van der Waals surface area contributed by atoms with Crippen LogP contribution in [-0.4, -0.2) is 31.1 Å². The van der Waals surface area contributed by atoms with Gasteiger partial charge in [-0.2, -0.15) is 4.98 Å². The first-order chi connectivity index (χ1) is 8.81. The molecule has 0 saturated heterocycles. The van der Waals surface area contributed by atoms with Crippen molar-refractivity contribution in [1.82, 2.24) is 9.55 Å². The van der Waals surface area contributed by atoms with E-state index in [-0.39, 0.29) is 19.0 Å². The van der Waals surface area contributed by atoms with Gasteiger partial charge in [0.15, 0.2) is 0 Å². The second kappa shape index (κ2) is 6.63. The second-order valence-corrected chi connectivity index (χ2v) is 5.47. The van der Waals surface area contributed by atoms with Gasteiger partial charge in [-0.15, -0.1) is 0 Å². The fraction of sp³-hybridized carbons (Fsp3) is 0.400. The maximum absolute atomic E-state index is 11.4. The summed E-state index contributed by atoms with van der Waals surface area (Å²) in [5.74, 6) is 0.427. The van der Waals surface area contributed by atoms with Crippen molar-refractivity contribution in [2.75, 3.05) is 12.3 Å². The Hall–Kier alpha value is -1.47. The van der Waals surface area contributed by atoms with Crippen LogP contribution in [-0.2, 0) is 11.1 Å². The number of rotatable bonds is 6. The van der Waals surface area contributed by atoms with E-state index in [2.05, 4.69) is 4.98 Å². The van der Waals surface area contributed by atoms with Crippen LogP contribution in [0.1, 0.15) is 6.42 Å². The molecule has 0 aliphatic carbocycles. The molecule has 106 valence electrons. The van der Waals surface area contributed by atoms with Gasteiger partial charge in [-0.05, 0) is 12.5 Å². The molecule has 1 atom stereocenters. The van der Waals surface area contributed by atoms with Crippen molar-refractivity contribution in [3.63, 3.8) is 0 Å². The van der Waals surface area contributed by atoms with Gasteiger partial charge in [0.05, 0.1) is 0 Å². The first kappa shape index (κ1) is 15.6. The first-order valence-corrected chi connectivity index (χ1v) is 7.18. The number of anilines is 1. The summed E-state index contributed by atoms with van der Waals surface area (Å²) in [4.78, 5) is 32.3. The Morgan fingerprint density at radius 3 is 2.74 bits per heavy atom. The Balaban J connectivity index is 2.66. The van der Waals surface area contributed by atoms with Crippen LogP contribution in [0.5, 0.6) is 0 Å². The molecular weight excluding hydrogens is 273 g/mol. The standard InChI is InChI=1S/C10H16N3O5P/c11-9-2-5-13(10(15)12-9)4-1-8(7-14)3-6-19(16,17)18/h2-3,5-6,8,14H,1,4,7H2,(H2,11,12,15)(H2,16,17,18)/b6-3+/t8-/m1/s1. The number of aromatic nitrogens is 2. The molecule has 0 aliphatic rings. The van der Waals surface area contributed by atoms with E-state index < -0.39 is 19.2 Å². The third-order valence-corrected chi connectivity index (χ3v) is 2.98. The normalized spacial score (nSPS) is 13.8. The van der Waals surface area contributed by atoms with E-state index in [1.807, 2.05) is 0 Å². The summed E-state index contributed by atoms with van der Waals surface area (Å²) in [6.45, 7) is -0.00348. The zero-order valence-corrected chi connectivity index (χ0v) is 11.0. The van der Waals surface area contributed by atoms with Gasteiger partial charge >= 0.3 is 13.3 Å². The summed E-state index contributed by atoms with van der Waals surface area (Å²) >= 11 is 0. The fourth-order valence-electron chi connectivity index (χ4n) is 1.40. The molecule has 0 aromatic carbocycles. The van der Waals surface area contributed by atoms with Crippen LogP contribution in [0.4, 0.5) is 5.82 Å². The molecule has 0 amide bonds. The van der Waals surface area contributed by atoms with Crippen molar-refractivity contribution in [2.24, 2.45) is 5.92 Å². The predicted octanol–water partition coefficient (Wildman–Crippen LogP) is -0.484. The summed E-state index contributed by atoms with van der Waals surface area (Å²) in [7, 11) is -4.23. The first-order valence-electron chi connectivity index (χ1n) is 5.50. The van der Waals surface area contributed by atoms with Gasteiger partial charge in [-0.3, -0.25) is 9.13 Å². The number of hydrogen-bond acceptors (Lipinski definition) is 5. The fourth-order valence-corrected chi connectivity index (χ4v) is 1.87. The summed E-state index contributed by atoms with van der Waals surface area (Å²) in [5, 5.41) is 9.09. The van der Waals surface area contributed by atoms with Crippen molar-refractivity contribution in [2.45, 2.75) is 13.0 Å². The van der Waals surface area contributed by atoms with Crippen LogP contribution in [0.3, 0.4) is 0 Å². The predicted molar refractivity (Wildman–Crippen MR) is 69.3 cm³/mol. The Morgan fingerprint density at radius 2 is 2.21 bits per heavy atom. The van der Waals surface area contributed by atoms with Crippen molar-refractivity contribution >= 4 is 13.4 Å². The summed E-state index contributed by atoms with van der Waals surface area (Å²) in [6, 6.07) is 1.47. The van der Waals surface area contributed by atoms with E-state index in [1.54, 1.807) is 0 Å². The zero-order valence-electron chi connectivity index (χ0n) is 10.1. The van der Waals surface area contributed by atoms with E-state index in [1.165, 1.54) is 22.9 Å². The van der Waals surface area contributed by atoms with Crippen molar-refractivity contribution in [3.8, 4) is 0 Å². The average molecular weight is 289 g/mol. The molecule has 8 nitrogen and oxygen atoms in total. The highest BCUT2D eigenvalue weighted by atomic mass is 31.2. The SMILES string of the molecule is Nc1ccn(CC[C@H](/C=C/P(=O)(O)O)CO)c(=O)n1. The molecule has 19 heavy (non-hydrogen) atoms. The average Bonchev–Trinajstić information content (AvgIpc) is 2.30. The number of aryl methyl sites for hydroxylation is 1. The molecule has 0 saturated carbocycles. The van der Waals surface area contributed by atoms with E-state index >= 15 is 0 Å². The molecule has 0 aliphatic heterocycles. The van der Waals surface area contributed by atoms with Crippen molar-refractivity contribution < 1.29 is 19.5 Å². The number of nitrogen functional groups attached to an aromatic ring is 1. The molecule has 0 unspecified atom stereocenters. The largest absolute Gasteiger partial charge is 0.396 e. The number of nitrogens with zero attached hydrogens (tertiary/aromatic N) is 2. The van der Waals surface area contributed by atoms with E-state index in [0.717, 1.165) is 5.82 Å². The van der Waals surface area contributed by atoms with Crippen molar-refractivity contribution in [1.29, 1.82) is 0 Å². The van der Waals surface area contributed by atoms with Crippen LogP contribution in [0.15, 0.2) is 29.0 Å². The minimum absolute atomic E-state index is 0.126. The van der Waals surface area contributed by atoms with E-state index in [9.17, 15) is 9.36 Å². The van der Waals surface area contributed by atoms with Crippen LogP contribution in [0.25, 0.3) is 0 Å². The minimum atomic E-state index is -4.23. The molecule has 0 fully saturated rings. The maximum Gasteiger partial charge on any atom is 0.349 e. The third kappa shape index (κ3) is 5.80. The van der Waals surface area contributed by atoms with Gasteiger partial charge in [0, 0.05) is 31.1 Å². The summed E-state index contributed by atoms with van der Waals surface area (Å²) in [6.07, 6.45) is 3.07. The third-order valence-electron chi connectivity index (χ3n) is 2.42. The molecule has 1 aromatic heterocycles. The van der Waals surface area contributed by atoms with E-state index in [4.69, 9.17) is 20.6 Å². The van der Waals surface area contributed by atoms with Crippen LogP contribution in [0, 0.1) is 5.92 Å². The molecule has 0 radical (unpaired) electrons. The molecule has 0 bridgehead atoms.